The van der Waals surface area contributed by atoms with Gasteiger partial charge in [0.2, 0.25) is 0 Å². The lowest BCUT2D eigenvalue weighted by Gasteiger charge is -2.44. The van der Waals surface area contributed by atoms with Gasteiger partial charge in [0.05, 0.1) is 0 Å². The van der Waals surface area contributed by atoms with E-state index in [9.17, 15) is 4.79 Å². The molecule has 0 aliphatic carbocycles. The Balaban J connectivity index is 1.54. The van der Waals surface area contributed by atoms with Gasteiger partial charge in [-0.3, -0.25) is 0 Å². The van der Waals surface area contributed by atoms with Crippen molar-refractivity contribution in [3.63, 3.8) is 0 Å². The van der Waals surface area contributed by atoms with Crippen molar-refractivity contribution in [3.05, 3.63) is 35.9 Å². The van der Waals surface area contributed by atoms with Crippen molar-refractivity contribution in [3.8, 4) is 0 Å². The van der Waals surface area contributed by atoms with Crippen molar-refractivity contribution in [2.24, 2.45) is 5.41 Å². The number of hydrogen-bond acceptors (Lipinski definition) is 3. The number of ether oxygens (including phenoxy) is 1. The Morgan fingerprint density at radius 1 is 1.19 bits per heavy atom. The minimum absolute atomic E-state index is 0.156. The van der Waals surface area contributed by atoms with E-state index in [0.717, 1.165) is 38.2 Å². The number of likely N-dealkylation sites (tertiary alicyclic amines) is 1. The molecule has 1 N–H and O–H groups in total. The lowest BCUT2D eigenvalue weighted by molar-refractivity contribution is 0.0375. The first-order valence-electron chi connectivity index (χ1n) is 7.94. The summed E-state index contributed by atoms with van der Waals surface area (Å²) in [6, 6.07) is 9.87. The molecule has 1 spiro atoms. The molecule has 0 unspecified atom stereocenters. The number of carbonyl (C=O) groups excluding carboxylic acids is 1. The highest BCUT2D eigenvalue weighted by atomic mass is 16.6. The zero-order valence-electron chi connectivity index (χ0n) is 12.5. The van der Waals surface area contributed by atoms with E-state index >= 15 is 0 Å². The SMILES string of the molecule is O=C(OCc1ccccc1)N1CCCC2(CCNCC2)C1. The van der Waals surface area contributed by atoms with Gasteiger partial charge < -0.3 is 15.0 Å². The molecular formula is C17H24N2O2. The number of carbonyl (C=O) groups is 1. The standard InChI is InChI=1S/C17H24N2O2/c20-16(21-13-15-5-2-1-3-6-15)19-12-4-7-17(14-19)8-10-18-11-9-17/h1-3,5-6,18H,4,7-14H2. The highest BCUT2D eigenvalue weighted by Gasteiger charge is 2.38. The average molecular weight is 288 g/mol. The maximum atomic E-state index is 12.3. The second-order valence-corrected chi connectivity index (χ2v) is 6.32. The Kier molecular flexibility index (Phi) is 4.44. The number of hydrogen-bond donors (Lipinski definition) is 1. The molecule has 2 saturated heterocycles. The number of nitrogens with one attached hydrogen (secondary N) is 1. The first-order chi connectivity index (χ1) is 10.3. The maximum Gasteiger partial charge on any atom is 0.410 e. The summed E-state index contributed by atoms with van der Waals surface area (Å²) in [5.41, 5.74) is 1.37. The van der Waals surface area contributed by atoms with Gasteiger partial charge in [-0.25, -0.2) is 4.79 Å². The lowest BCUT2D eigenvalue weighted by atomic mass is 9.73. The van der Waals surface area contributed by atoms with Crippen LogP contribution in [0, 0.1) is 5.41 Å². The largest absolute Gasteiger partial charge is 0.445 e. The van der Waals surface area contributed by atoms with Crippen molar-refractivity contribution in [2.45, 2.75) is 32.3 Å². The van der Waals surface area contributed by atoms with Gasteiger partial charge in [0.15, 0.2) is 0 Å². The van der Waals surface area contributed by atoms with E-state index in [1.54, 1.807) is 0 Å². The first-order valence-corrected chi connectivity index (χ1v) is 7.94. The van der Waals surface area contributed by atoms with E-state index in [2.05, 4.69) is 5.32 Å². The third kappa shape index (κ3) is 3.56. The van der Waals surface area contributed by atoms with Crippen LogP contribution in [-0.2, 0) is 11.3 Å². The molecule has 0 radical (unpaired) electrons. The van der Waals surface area contributed by atoms with Gasteiger partial charge >= 0.3 is 6.09 Å². The number of piperidine rings is 2. The highest BCUT2D eigenvalue weighted by Crippen LogP contribution is 2.38. The average Bonchev–Trinajstić information content (AvgIpc) is 2.54. The molecule has 0 bridgehead atoms. The zero-order valence-corrected chi connectivity index (χ0v) is 12.5. The summed E-state index contributed by atoms with van der Waals surface area (Å²) in [6.45, 7) is 4.22. The van der Waals surface area contributed by atoms with Crippen LogP contribution in [0.3, 0.4) is 0 Å². The monoisotopic (exact) mass is 288 g/mol. The molecule has 0 atom stereocenters. The molecule has 1 aromatic carbocycles. The molecule has 2 fully saturated rings. The first kappa shape index (κ1) is 14.4. The summed E-state index contributed by atoms with van der Waals surface area (Å²) < 4.78 is 5.47. The van der Waals surface area contributed by atoms with Crippen LogP contribution in [0.5, 0.6) is 0 Å². The highest BCUT2D eigenvalue weighted by molar-refractivity contribution is 5.67. The van der Waals surface area contributed by atoms with Gasteiger partial charge in [0.25, 0.3) is 0 Å². The van der Waals surface area contributed by atoms with E-state index in [1.165, 1.54) is 19.3 Å². The predicted octanol–water partition coefficient (Wildman–Crippen LogP) is 2.79. The van der Waals surface area contributed by atoms with Gasteiger partial charge in [-0.15, -0.1) is 0 Å². The van der Waals surface area contributed by atoms with Crippen molar-refractivity contribution in [2.75, 3.05) is 26.2 Å². The summed E-state index contributed by atoms with van der Waals surface area (Å²) in [5, 5.41) is 3.41. The van der Waals surface area contributed by atoms with Crippen LogP contribution < -0.4 is 5.32 Å². The van der Waals surface area contributed by atoms with Crippen LogP contribution in [0.2, 0.25) is 0 Å². The number of benzene rings is 1. The Labute approximate surface area is 126 Å². The topological polar surface area (TPSA) is 41.6 Å². The molecular weight excluding hydrogens is 264 g/mol. The Morgan fingerprint density at radius 2 is 1.95 bits per heavy atom. The van der Waals surface area contributed by atoms with Crippen LogP contribution in [0.25, 0.3) is 0 Å². The van der Waals surface area contributed by atoms with Gasteiger partial charge in [0, 0.05) is 13.1 Å². The van der Waals surface area contributed by atoms with Gasteiger partial charge in [-0.1, -0.05) is 30.3 Å². The molecule has 2 aliphatic rings. The molecule has 0 aromatic heterocycles. The fourth-order valence-electron chi connectivity index (χ4n) is 3.54. The van der Waals surface area contributed by atoms with Gasteiger partial charge in [0.1, 0.15) is 6.61 Å². The van der Waals surface area contributed by atoms with Crippen molar-refractivity contribution in [1.82, 2.24) is 10.2 Å². The summed E-state index contributed by atoms with van der Waals surface area (Å²) in [7, 11) is 0. The second kappa shape index (κ2) is 6.48. The Morgan fingerprint density at radius 3 is 2.71 bits per heavy atom. The summed E-state index contributed by atoms with van der Waals surface area (Å²) in [6.07, 6.45) is 4.54. The molecule has 21 heavy (non-hydrogen) atoms. The van der Waals surface area contributed by atoms with Crippen molar-refractivity contribution in [1.29, 1.82) is 0 Å². The molecule has 2 heterocycles. The smallest absolute Gasteiger partial charge is 0.410 e. The number of amides is 1. The predicted molar refractivity (Wildman–Crippen MR) is 82.0 cm³/mol. The lowest BCUT2D eigenvalue weighted by Crippen LogP contribution is -2.50. The Bertz CT molecular complexity index is 463. The van der Waals surface area contributed by atoms with Crippen molar-refractivity contribution < 1.29 is 9.53 Å². The normalized spacial score (nSPS) is 21.2. The summed E-state index contributed by atoms with van der Waals surface area (Å²) >= 11 is 0. The molecule has 4 nitrogen and oxygen atoms in total. The molecule has 1 aromatic rings. The molecule has 0 saturated carbocycles. The minimum Gasteiger partial charge on any atom is -0.445 e. The third-order valence-corrected chi connectivity index (χ3v) is 4.79. The molecule has 4 heteroatoms. The maximum absolute atomic E-state index is 12.3. The quantitative estimate of drug-likeness (QED) is 0.910. The van der Waals surface area contributed by atoms with E-state index < -0.39 is 0 Å². The van der Waals surface area contributed by atoms with E-state index in [1.807, 2.05) is 35.2 Å². The van der Waals surface area contributed by atoms with Crippen LogP contribution >= 0.6 is 0 Å². The Hall–Kier alpha value is -1.55. The number of nitrogens with zero attached hydrogens (tertiary/aromatic N) is 1. The summed E-state index contributed by atoms with van der Waals surface area (Å²) in [5.74, 6) is 0. The van der Waals surface area contributed by atoms with E-state index in [4.69, 9.17) is 4.74 Å². The summed E-state index contributed by atoms with van der Waals surface area (Å²) in [4.78, 5) is 14.2. The zero-order chi connectivity index (χ0) is 14.5. The molecule has 2 aliphatic heterocycles. The third-order valence-electron chi connectivity index (χ3n) is 4.79. The van der Waals surface area contributed by atoms with Crippen LogP contribution in [-0.4, -0.2) is 37.2 Å². The van der Waals surface area contributed by atoms with Gasteiger partial charge in [-0.2, -0.15) is 0 Å². The van der Waals surface area contributed by atoms with E-state index in [0.29, 0.717) is 12.0 Å². The minimum atomic E-state index is -0.156. The molecule has 3 rings (SSSR count). The number of rotatable bonds is 2. The van der Waals surface area contributed by atoms with Crippen LogP contribution in [0.4, 0.5) is 4.79 Å². The van der Waals surface area contributed by atoms with Crippen LogP contribution in [0.15, 0.2) is 30.3 Å². The van der Waals surface area contributed by atoms with Crippen LogP contribution in [0.1, 0.15) is 31.2 Å². The van der Waals surface area contributed by atoms with Gasteiger partial charge in [-0.05, 0) is 49.8 Å². The fourth-order valence-corrected chi connectivity index (χ4v) is 3.54. The molecule has 1 amide bonds. The van der Waals surface area contributed by atoms with Crippen molar-refractivity contribution >= 4 is 6.09 Å². The van der Waals surface area contributed by atoms with E-state index in [-0.39, 0.29) is 6.09 Å². The molecule has 114 valence electrons. The fraction of sp³-hybridized carbons (Fsp3) is 0.588. The second-order valence-electron chi connectivity index (χ2n) is 6.32.